The fourth-order valence-electron chi connectivity index (χ4n) is 1.08. The summed E-state index contributed by atoms with van der Waals surface area (Å²) >= 11 is 0. The molecule has 0 aliphatic heterocycles. The molecule has 0 spiro atoms. The first-order chi connectivity index (χ1) is 6.88. The van der Waals surface area contributed by atoms with E-state index in [2.05, 4.69) is 0 Å². The molecule has 0 aliphatic rings. The summed E-state index contributed by atoms with van der Waals surface area (Å²) in [4.78, 5) is 0. The van der Waals surface area contributed by atoms with Crippen LogP contribution < -0.4 is 5.73 Å². The molecule has 4 nitrogen and oxygen atoms in total. The van der Waals surface area contributed by atoms with Crippen LogP contribution in [0.1, 0.15) is 11.6 Å². The van der Waals surface area contributed by atoms with Gasteiger partial charge in [-0.05, 0) is 17.7 Å². The normalized spacial score (nSPS) is 13.9. The number of phenolic OH excluding ortho intramolecular Hbond substituents is 2. The molecule has 0 amide bonds. The number of nitrogens with two attached hydrogens (primary N) is 1. The molecular formula is C9H11F2NO3. The van der Waals surface area contributed by atoms with Gasteiger partial charge in [0.05, 0.1) is 6.04 Å². The van der Waals surface area contributed by atoms with Gasteiger partial charge in [0, 0.05) is 0 Å². The molecule has 6 heteroatoms. The van der Waals surface area contributed by atoms with E-state index in [0.29, 0.717) is 0 Å². The Morgan fingerprint density at radius 3 is 2.33 bits per heavy atom. The van der Waals surface area contributed by atoms with E-state index < -0.39 is 30.1 Å². The monoisotopic (exact) mass is 219 g/mol. The quantitative estimate of drug-likeness (QED) is 0.564. The second-order valence-electron chi connectivity index (χ2n) is 3.14. The summed E-state index contributed by atoms with van der Waals surface area (Å²) in [5.41, 5.74) is 5.13. The highest BCUT2D eigenvalue weighted by atomic mass is 19.3. The SMILES string of the molecule is N[C@@H](c1ccc(O)c(O)c1)C(F)(F)CO. The second-order valence-corrected chi connectivity index (χ2v) is 3.14. The average molecular weight is 219 g/mol. The molecule has 0 unspecified atom stereocenters. The molecule has 1 aromatic carbocycles. The molecular weight excluding hydrogens is 208 g/mol. The maximum atomic E-state index is 12.9. The molecule has 0 saturated heterocycles. The van der Waals surface area contributed by atoms with E-state index in [9.17, 15) is 8.78 Å². The highest BCUT2D eigenvalue weighted by molar-refractivity contribution is 5.41. The van der Waals surface area contributed by atoms with Crippen LogP contribution in [-0.2, 0) is 0 Å². The third kappa shape index (κ3) is 2.34. The largest absolute Gasteiger partial charge is 0.504 e. The van der Waals surface area contributed by atoms with Crippen molar-refractivity contribution in [2.24, 2.45) is 5.73 Å². The van der Waals surface area contributed by atoms with Gasteiger partial charge in [-0.2, -0.15) is 0 Å². The molecule has 84 valence electrons. The van der Waals surface area contributed by atoms with Crippen molar-refractivity contribution in [3.8, 4) is 11.5 Å². The molecule has 0 aromatic heterocycles. The van der Waals surface area contributed by atoms with Crippen molar-refractivity contribution in [3.05, 3.63) is 23.8 Å². The Morgan fingerprint density at radius 2 is 1.87 bits per heavy atom. The Bertz CT molecular complexity index is 357. The Hall–Kier alpha value is -1.40. The summed E-state index contributed by atoms with van der Waals surface area (Å²) in [5.74, 6) is -4.42. The molecule has 15 heavy (non-hydrogen) atoms. The molecule has 0 aliphatic carbocycles. The topological polar surface area (TPSA) is 86.7 Å². The van der Waals surface area contributed by atoms with Crippen LogP contribution in [0.4, 0.5) is 8.78 Å². The number of alkyl halides is 2. The van der Waals surface area contributed by atoms with Gasteiger partial charge in [0.15, 0.2) is 11.5 Å². The number of aromatic hydroxyl groups is 2. The minimum Gasteiger partial charge on any atom is -0.504 e. The molecule has 0 fully saturated rings. The predicted molar refractivity (Wildman–Crippen MR) is 48.7 cm³/mol. The van der Waals surface area contributed by atoms with Crippen LogP contribution in [0.15, 0.2) is 18.2 Å². The maximum Gasteiger partial charge on any atom is 0.289 e. The molecule has 0 radical (unpaired) electrons. The highest BCUT2D eigenvalue weighted by Gasteiger charge is 2.37. The van der Waals surface area contributed by atoms with Gasteiger partial charge in [-0.1, -0.05) is 6.07 Å². The van der Waals surface area contributed by atoms with Gasteiger partial charge < -0.3 is 21.1 Å². The Balaban J connectivity index is 3.02. The summed E-state index contributed by atoms with van der Waals surface area (Å²) in [6, 6.07) is 1.42. The van der Waals surface area contributed by atoms with Crippen LogP contribution in [0.25, 0.3) is 0 Å². The first-order valence-corrected chi connectivity index (χ1v) is 4.14. The second kappa shape index (κ2) is 4.00. The Kier molecular flexibility index (Phi) is 3.11. The van der Waals surface area contributed by atoms with E-state index in [1.165, 1.54) is 0 Å². The lowest BCUT2D eigenvalue weighted by Crippen LogP contribution is -2.36. The summed E-state index contributed by atoms with van der Waals surface area (Å²) < 4.78 is 25.9. The fraction of sp³-hybridized carbons (Fsp3) is 0.333. The predicted octanol–water partition coefficient (Wildman–Crippen LogP) is 0.725. The van der Waals surface area contributed by atoms with Gasteiger partial charge in [-0.3, -0.25) is 0 Å². The van der Waals surface area contributed by atoms with Crippen LogP contribution in [0, 0.1) is 0 Å². The number of aliphatic hydroxyl groups excluding tert-OH is 1. The molecule has 1 aromatic rings. The van der Waals surface area contributed by atoms with Crippen molar-refractivity contribution >= 4 is 0 Å². The third-order valence-electron chi connectivity index (χ3n) is 2.02. The number of benzene rings is 1. The number of phenols is 2. The highest BCUT2D eigenvalue weighted by Crippen LogP contribution is 2.33. The Morgan fingerprint density at radius 1 is 1.27 bits per heavy atom. The van der Waals surface area contributed by atoms with Crippen molar-refractivity contribution in [2.45, 2.75) is 12.0 Å². The van der Waals surface area contributed by atoms with Gasteiger partial charge in [0.2, 0.25) is 0 Å². The molecule has 5 N–H and O–H groups in total. The molecule has 0 bridgehead atoms. The smallest absolute Gasteiger partial charge is 0.289 e. The Labute approximate surface area is 84.6 Å². The fourth-order valence-corrected chi connectivity index (χ4v) is 1.08. The van der Waals surface area contributed by atoms with Crippen molar-refractivity contribution < 1.29 is 24.1 Å². The summed E-state index contributed by atoms with van der Waals surface area (Å²) in [6.45, 7) is -1.38. The van der Waals surface area contributed by atoms with E-state index in [1.54, 1.807) is 0 Å². The zero-order chi connectivity index (χ0) is 11.6. The van der Waals surface area contributed by atoms with Gasteiger partial charge in [0.25, 0.3) is 5.92 Å². The summed E-state index contributed by atoms with van der Waals surface area (Å²) in [5, 5.41) is 26.4. The van der Waals surface area contributed by atoms with Crippen LogP contribution in [0.2, 0.25) is 0 Å². The maximum absolute atomic E-state index is 12.9. The van der Waals surface area contributed by atoms with E-state index in [4.69, 9.17) is 21.1 Å². The van der Waals surface area contributed by atoms with Crippen molar-refractivity contribution in [3.63, 3.8) is 0 Å². The summed E-state index contributed by atoms with van der Waals surface area (Å²) in [7, 11) is 0. The van der Waals surface area contributed by atoms with Crippen LogP contribution >= 0.6 is 0 Å². The molecule has 1 atom stereocenters. The van der Waals surface area contributed by atoms with Crippen molar-refractivity contribution in [1.82, 2.24) is 0 Å². The van der Waals surface area contributed by atoms with Gasteiger partial charge >= 0.3 is 0 Å². The summed E-state index contributed by atoms with van der Waals surface area (Å²) in [6.07, 6.45) is 0. The minimum atomic E-state index is -3.47. The number of aliphatic hydroxyl groups is 1. The van der Waals surface area contributed by atoms with E-state index >= 15 is 0 Å². The standard InChI is InChI=1S/C9H11F2NO3/c10-9(11,4-13)8(12)5-1-2-6(14)7(15)3-5/h1-3,8,13-15H,4,12H2/t8-/m0/s1. The van der Waals surface area contributed by atoms with Crippen molar-refractivity contribution in [1.29, 1.82) is 0 Å². The van der Waals surface area contributed by atoms with E-state index in [0.717, 1.165) is 18.2 Å². The zero-order valence-corrected chi connectivity index (χ0v) is 7.69. The average Bonchev–Trinajstić information content (AvgIpc) is 2.21. The van der Waals surface area contributed by atoms with Crippen molar-refractivity contribution in [2.75, 3.05) is 6.61 Å². The van der Waals surface area contributed by atoms with E-state index in [-0.39, 0.29) is 5.56 Å². The molecule has 0 saturated carbocycles. The first-order valence-electron chi connectivity index (χ1n) is 4.14. The number of rotatable bonds is 3. The number of hydrogen-bond acceptors (Lipinski definition) is 4. The number of halogens is 2. The van der Waals surface area contributed by atoms with Crippen LogP contribution in [-0.4, -0.2) is 27.8 Å². The lowest BCUT2D eigenvalue weighted by Gasteiger charge is -2.21. The first kappa shape index (κ1) is 11.7. The number of hydrogen-bond donors (Lipinski definition) is 4. The molecule has 1 rings (SSSR count). The van der Waals surface area contributed by atoms with Gasteiger partial charge in [-0.25, -0.2) is 8.78 Å². The van der Waals surface area contributed by atoms with E-state index in [1.807, 2.05) is 0 Å². The minimum absolute atomic E-state index is 0.0654. The lowest BCUT2D eigenvalue weighted by atomic mass is 10.0. The third-order valence-corrected chi connectivity index (χ3v) is 2.02. The zero-order valence-electron chi connectivity index (χ0n) is 7.69. The van der Waals surface area contributed by atoms with Gasteiger partial charge in [0.1, 0.15) is 6.61 Å². The van der Waals surface area contributed by atoms with Crippen LogP contribution in [0.3, 0.4) is 0 Å². The van der Waals surface area contributed by atoms with Crippen LogP contribution in [0.5, 0.6) is 11.5 Å². The molecule has 0 heterocycles. The lowest BCUT2D eigenvalue weighted by molar-refractivity contribution is -0.0712. The van der Waals surface area contributed by atoms with Gasteiger partial charge in [-0.15, -0.1) is 0 Å².